The average Bonchev–Trinajstić information content (AvgIpc) is 1.88. The summed E-state index contributed by atoms with van der Waals surface area (Å²) in [6.45, 7) is 2.04. The fourth-order valence-electron chi connectivity index (χ4n) is 0.765. The van der Waals surface area contributed by atoms with E-state index < -0.39 is 0 Å². The molecule has 0 spiro atoms. The maximum absolute atomic E-state index is 10.6. The molecule has 0 saturated carbocycles. The fourth-order valence-corrected chi connectivity index (χ4v) is 0.765. The van der Waals surface area contributed by atoms with E-state index in [1.54, 1.807) is 18.2 Å². The molecule has 0 aliphatic rings. The molecule has 0 aliphatic carbocycles. The zero-order valence-corrected chi connectivity index (χ0v) is 6.56. The summed E-state index contributed by atoms with van der Waals surface area (Å²) < 4.78 is 0. The van der Waals surface area contributed by atoms with E-state index in [-0.39, 0.29) is 18.2 Å². The second kappa shape index (κ2) is 4.18. The topological polar surface area (TPSA) is 23.1 Å². The van der Waals surface area contributed by atoms with E-state index in [4.69, 9.17) is 0 Å². The number of rotatable bonds is 1. The monoisotopic (exact) mass is 156 g/mol. The van der Waals surface area contributed by atoms with Crippen molar-refractivity contribution in [1.82, 2.24) is 0 Å². The third-order valence-electron chi connectivity index (χ3n) is 1.31. The summed E-state index contributed by atoms with van der Waals surface area (Å²) in [5, 5.41) is 10.6. The average molecular weight is 157 g/mol. The normalized spacial score (nSPS) is 8.50. The van der Waals surface area contributed by atoms with Gasteiger partial charge in [0.15, 0.2) is 0 Å². The fraction of sp³-hybridized carbons (Fsp3) is 0.250. The molecule has 10 heavy (non-hydrogen) atoms. The highest BCUT2D eigenvalue weighted by Gasteiger charge is 1.82. The lowest BCUT2D eigenvalue weighted by atomic mass is 10.2. The second-order valence-electron chi connectivity index (χ2n) is 2.00. The minimum Gasteiger partial charge on any atom is -1.00 e. The molecule has 0 aliphatic heterocycles. The Morgan fingerprint density at radius 1 is 1.40 bits per heavy atom. The van der Waals surface area contributed by atoms with E-state index in [1.807, 2.05) is 13.0 Å². The Morgan fingerprint density at radius 2 is 2.10 bits per heavy atom. The molecular formula is C8H9ClO-2. The molecule has 0 fully saturated rings. The van der Waals surface area contributed by atoms with Crippen LogP contribution in [0.5, 0.6) is 5.75 Å². The summed E-state index contributed by atoms with van der Waals surface area (Å²) in [5.74, 6) is 0.106. The second-order valence-corrected chi connectivity index (χ2v) is 2.00. The Hall–Kier alpha value is -0.690. The Balaban J connectivity index is 0.000000810. The quantitative estimate of drug-likeness (QED) is 0.477. The van der Waals surface area contributed by atoms with Gasteiger partial charge in [0.25, 0.3) is 0 Å². The molecule has 0 saturated heterocycles. The first-order valence-electron chi connectivity index (χ1n) is 3.09. The number of hydrogen-bond donors (Lipinski definition) is 0. The summed E-state index contributed by atoms with van der Waals surface area (Å²) >= 11 is 0. The number of aryl methyl sites for hydroxylation is 1. The van der Waals surface area contributed by atoms with Gasteiger partial charge in [-0.25, -0.2) is 0 Å². The summed E-state index contributed by atoms with van der Waals surface area (Å²) in [6.07, 6.45) is 0.941. The van der Waals surface area contributed by atoms with Crippen LogP contribution >= 0.6 is 0 Å². The molecule has 0 bridgehead atoms. The van der Waals surface area contributed by atoms with Gasteiger partial charge in [-0.2, -0.15) is 0 Å². The van der Waals surface area contributed by atoms with Gasteiger partial charge in [-0.05, 0) is 12.0 Å². The Kier molecular flexibility index (Phi) is 3.89. The molecule has 1 nitrogen and oxygen atoms in total. The lowest BCUT2D eigenvalue weighted by Gasteiger charge is -2.04. The van der Waals surface area contributed by atoms with Crippen LogP contribution in [0.25, 0.3) is 0 Å². The molecule has 0 unspecified atom stereocenters. The van der Waals surface area contributed by atoms with E-state index in [0.717, 1.165) is 12.0 Å². The van der Waals surface area contributed by atoms with Crippen LogP contribution in [0.2, 0.25) is 0 Å². The van der Waals surface area contributed by atoms with Crippen molar-refractivity contribution in [2.45, 2.75) is 13.3 Å². The first-order valence-corrected chi connectivity index (χ1v) is 3.09. The third kappa shape index (κ3) is 2.28. The van der Waals surface area contributed by atoms with Gasteiger partial charge >= 0.3 is 0 Å². The van der Waals surface area contributed by atoms with Crippen molar-refractivity contribution < 1.29 is 17.5 Å². The minimum atomic E-state index is 0. The molecule has 56 valence electrons. The number of benzene rings is 1. The molecule has 0 atom stereocenters. The van der Waals surface area contributed by atoms with Crippen LogP contribution in [0.15, 0.2) is 24.3 Å². The van der Waals surface area contributed by atoms with Gasteiger partial charge in [-0.15, -0.1) is 5.75 Å². The van der Waals surface area contributed by atoms with Crippen molar-refractivity contribution in [1.29, 1.82) is 0 Å². The Bertz CT molecular complexity index is 198. The predicted octanol–water partition coefficient (Wildman–Crippen LogP) is -1.67. The molecule has 0 amide bonds. The summed E-state index contributed by atoms with van der Waals surface area (Å²) in [5.41, 5.74) is 1.11. The van der Waals surface area contributed by atoms with Crippen molar-refractivity contribution in [3.8, 4) is 5.75 Å². The van der Waals surface area contributed by atoms with Crippen molar-refractivity contribution >= 4 is 0 Å². The van der Waals surface area contributed by atoms with E-state index >= 15 is 0 Å². The summed E-state index contributed by atoms with van der Waals surface area (Å²) in [7, 11) is 0. The minimum absolute atomic E-state index is 0. The van der Waals surface area contributed by atoms with Crippen LogP contribution in [0.1, 0.15) is 12.5 Å². The first-order chi connectivity index (χ1) is 4.33. The van der Waals surface area contributed by atoms with Gasteiger partial charge in [-0.3, -0.25) is 0 Å². The Labute approximate surface area is 67.1 Å². The van der Waals surface area contributed by atoms with Gasteiger partial charge in [-0.1, -0.05) is 31.2 Å². The molecule has 1 rings (SSSR count). The molecular weight excluding hydrogens is 148 g/mol. The van der Waals surface area contributed by atoms with Gasteiger partial charge in [0.1, 0.15) is 0 Å². The standard InChI is InChI=1S/C8H10O.ClH/c1-2-7-4-3-5-8(9)6-7;/h3-6,9H,2H2,1H3;1H/p-2. The van der Waals surface area contributed by atoms with Crippen LogP contribution < -0.4 is 17.5 Å². The maximum atomic E-state index is 10.6. The van der Waals surface area contributed by atoms with Gasteiger partial charge in [0, 0.05) is 0 Å². The zero-order chi connectivity index (χ0) is 6.69. The van der Waals surface area contributed by atoms with Gasteiger partial charge < -0.3 is 17.5 Å². The van der Waals surface area contributed by atoms with Crippen LogP contribution in [0.4, 0.5) is 0 Å². The number of hydrogen-bond acceptors (Lipinski definition) is 1. The van der Waals surface area contributed by atoms with E-state index in [9.17, 15) is 5.11 Å². The third-order valence-corrected chi connectivity index (χ3v) is 1.31. The first kappa shape index (κ1) is 9.31. The van der Waals surface area contributed by atoms with Crippen LogP contribution in [0, 0.1) is 0 Å². The lowest BCUT2D eigenvalue weighted by molar-refractivity contribution is -0.268. The molecule has 0 heterocycles. The summed E-state index contributed by atoms with van der Waals surface area (Å²) in [4.78, 5) is 0. The molecule has 1 aromatic carbocycles. The van der Waals surface area contributed by atoms with Gasteiger partial charge in [0.2, 0.25) is 0 Å². The molecule has 2 heteroatoms. The largest absolute Gasteiger partial charge is 1.00 e. The zero-order valence-electron chi connectivity index (χ0n) is 5.80. The highest BCUT2D eigenvalue weighted by molar-refractivity contribution is 5.25. The van der Waals surface area contributed by atoms with E-state index in [1.165, 1.54) is 0 Å². The van der Waals surface area contributed by atoms with Crippen LogP contribution in [-0.2, 0) is 6.42 Å². The van der Waals surface area contributed by atoms with Crippen molar-refractivity contribution in [3.63, 3.8) is 0 Å². The van der Waals surface area contributed by atoms with Gasteiger partial charge in [0.05, 0.1) is 0 Å². The molecule has 1 aromatic rings. The molecule has 0 aromatic heterocycles. The SMILES string of the molecule is CCc1cccc([O-])c1.[Cl-]. The number of halogens is 1. The predicted molar refractivity (Wildman–Crippen MR) is 35.3 cm³/mol. The van der Waals surface area contributed by atoms with Crippen molar-refractivity contribution in [3.05, 3.63) is 29.8 Å². The van der Waals surface area contributed by atoms with E-state index in [0.29, 0.717) is 0 Å². The maximum Gasteiger partial charge on any atom is -0.0308 e. The summed E-state index contributed by atoms with van der Waals surface area (Å²) in [6, 6.07) is 6.99. The molecule has 0 N–H and O–H groups in total. The van der Waals surface area contributed by atoms with E-state index in [2.05, 4.69) is 0 Å². The smallest absolute Gasteiger partial charge is 0.0308 e. The van der Waals surface area contributed by atoms with Crippen molar-refractivity contribution in [2.24, 2.45) is 0 Å². The Morgan fingerprint density at radius 3 is 2.50 bits per heavy atom. The van der Waals surface area contributed by atoms with Crippen LogP contribution in [-0.4, -0.2) is 0 Å². The highest BCUT2D eigenvalue weighted by atomic mass is 35.5. The molecule has 0 radical (unpaired) electrons. The highest BCUT2D eigenvalue weighted by Crippen LogP contribution is 2.07. The van der Waals surface area contributed by atoms with Crippen molar-refractivity contribution in [2.75, 3.05) is 0 Å². The van der Waals surface area contributed by atoms with Crippen LogP contribution in [0.3, 0.4) is 0 Å². The lowest BCUT2D eigenvalue weighted by Crippen LogP contribution is -3.00.